The van der Waals surface area contributed by atoms with Crippen molar-refractivity contribution >= 4 is 15.9 Å². The van der Waals surface area contributed by atoms with E-state index in [1.807, 2.05) is 44.3 Å². The highest BCUT2D eigenvalue weighted by molar-refractivity contribution is 9.10. The third-order valence-electron chi connectivity index (χ3n) is 3.30. The van der Waals surface area contributed by atoms with Gasteiger partial charge in [-0.2, -0.15) is 0 Å². The van der Waals surface area contributed by atoms with Crippen molar-refractivity contribution < 1.29 is 9.13 Å². The Labute approximate surface area is 133 Å². The van der Waals surface area contributed by atoms with Gasteiger partial charge in [0.25, 0.3) is 0 Å². The summed E-state index contributed by atoms with van der Waals surface area (Å²) in [6.45, 7) is 2.59. The molecule has 0 saturated heterocycles. The first-order chi connectivity index (χ1) is 10.1. The maximum Gasteiger partial charge on any atom is 0.124 e. The average Bonchev–Trinajstić information content (AvgIpc) is 2.45. The number of ether oxygens (including phenoxy) is 1. The van der Waals surface area contributed by atoms with Crippen LogP contribution >= 0.6 is 15.9 Å². The molecule has 2 aromatic carbocycles. The van der Waals surface area contributed by atoms with Gasteiger partial charge in [0, 0.05) is 16.1 Å². The van der Waals surface area contributed by atoms with Crippen LogP contribution in [0.25, 0.3) is 0 Å². The molecule has 0 aliphatic rings. The Hall–Kier alpha value is -1.39. The zero-order chi connectivity index (χ0) is 15.2. The SMILES string of the molecule is CCOc1ccccc1C(Cc1cc(F)cc(Br)c1)NC. The van der Waals surface area contributed by atoms with Crippen LogP contribution < -0.4 is 10.1 Å². The predicted octanol–water partition coefficient (Wildman–Crippen LogP) is 4.49. The van der Waals surface area contributed by atoms with Crippen LogP contribution in [0.5, 0.6) is 5.75 Å². The van der Waals surface area contributed by atoms with Gasteiger partial charge in [0.05, 0.1) is 6.61 Å². The molecule has 0 saturated carbocycles. The summed E-state index contributed by atoms with van der Waals surface area (Å²) < 4.78 is 19.9. The lowest BCUT2D eigenvalue weighted by Gasteiger charge is -2.20. The van der Waals surface area contributed by atoms with Gasteiger partial charge in [0.2, 0.25) is 0 Å². The van der Waals surface area contributed by atoms with E-state index in [0.717, 1.165) is 21.3 Å². The van der Waals surface area contributed by atoms with Crippen LogP contribution in [0.15, 0.2) is 46.9 Å². The van der Waals surface area contributed by atoms with E-state index >= 15 is 0 Å². The smallest absolute Gasteiger partial charge is 0.124 e. The zero-order valence-electron chi connectivity index (χ0n) is 12.2. The molecule has 0 aromatic heterocycles. The number of nitrogens with one attached hydrogen (secondary N) is 1. The highest BCUT2D eigenvalue weighted by atomic mass is 79.9. The first kappa shape index (κ1) is 16.0. The van der Waals surface area contributed by atoms with E-state index in [-0.39, 0.29) is 11.9 Å². The quantitative estimate of drug-likeness (QED) is 0.827. The first-order valence-electron chi connectivity index (χ1n) is 6.98. The molecule has 2 aromatic rings. The summed E-state index contributed by atoms with van der Waals surface area (Å²) in [6, 6.07) is 13.0. The van der Waals surface area contributed by atoms with E-state index in [9.17, 15) is 4.39 Å². The Balaban J connectivity index is 2.27. The van der Waals surface area contributed by atoms with Crippen molar-refractivity contribution in [2.75, 3.05) is 13.7 Å². The van der Waals surface area contributed by atoms with Crippen LogP contribution in [0.4, 0.5) is 4.39 Å². The van der Waals surface area contributed by atoms with E-state index < -0.39 is 0 Å². The molecule has 1 atom stereocenters. The van der Waals surface area contributed by atoms with Crippen LogP contribution in [-0.4, -0.2) is 13.7 Å². The second-order valence-electron chi connectivity index (χ2n) is 4.79. The van der Waals surface area contributed by atoms with E-state index in [0.29, 0.717) is 13.0 Å². The number of hydrogen-bond acceptors (Lipinski definition) is 2. The molecule has 0 amide bonds. The van der Waals surface area contributed by atoms with Crippen LogP contribution in [0.3, 0.4) is 0 Å². The van der Waals surface area contributed by atoms with Crippen molar-refractivity contribution in [2.24, 2.45) is 0 Å². The van der Waals surface area contributed by atoms with E-state index in [2.05, 4.69) is 21.2 Å². The second-order valence-corrected chi connectivity index (χ2v) is 5.71. The Bertz CT molecular complexity index is 583. The maximum atomic E-state index is 13.5. The molecule has 0 fully saturated rings. The maximum absolute atomic E-state index is 13.5. The number of benzene rings is 2. The molecule has 4 heteroatoms. The van der Waals surface area contributed by atoms with Crippen molar-refractivity contribution in [1.82, 2.24) is 5.32 Å². The van der Waals surface area contributed by atoms with Gasteiger partial charge < -0.3 is 10.1 Å². The van der Waals surface area contributed by atoms with Crippen molar-refractivity contribution in [3.63, 3.8) is 0 Å². The minimum atomic E-state index is -0.229. The Morgan fingerprint density at radius 3 is 2.67 bits per heavy atom. The molecule has 0 aliphatic heterocycles. The molecular formula is C17H19BrFNO. The van der Waals surface area contributed by atoms with Crippen molar-refractivity contribution in [3.8, 4) is 5.75 Å². The molecule has 0 radical (unpaired) electrons. The van der Waals surface area contributed by atoms with Gasteiger partial charge >= 0.3 is 0 Å². The monoisotopic (exact) mass is 351 g/mol. The summed E-state index contributed by atoms with van der Waals surface area (Å²) in [5, 5.41) is 3.29. The molecular weight excluding hydrogens is 333 g/mol. The van der Waals surface area contributed by atoms with Gasteiger partial charge in [-0.1, -0.05) is 34.1 Å². The minimum Gasteiger partial charge on any atom is -0.494 e. The molecule has 1 unspecified atom stereocenters. The number of hydrogen-bond donors (Lipinski definition) is 1. The van der Waals surface area contributed by atoms with Crippen LogP contribution in [0.2, 0.25) is 0 Å². The molecule has 2 rings (SSSR count). The van der Waals surface area contributed by atoms with E-state index in [1.165, 1.54) is 6.07 Å². The summed E-state index contributed by atoms with van der Waals surface area (Å²) in [5.74, 6) is 0.641. The first-order valence-corrected chi connectivity index (χ1v) is 7.77. The fourth-order valence-corrected chi connectivity index (χ4v) is 2.90. The van der Waals surface area contributed by atoms with Gasteiger partial charge in [-0.25, -0.2) is 4.39 Å². The third-order valence-corrected chi connectivity index (χ3v) is 3.76. The lowest BCUT2D eigenvalue weighted by molar-refractivity contribution is 0.332. The molecule has 1 N–H and O–H groups in total. The summed E-state index contributed by atoms with van der Waals surface area (Å²) in [7, 11) is 1.90. The summed E-state index contributed by atoms with van der Waals surface area (Å²) in [4.78, 5) is 0. The fraction of sp³-hybridized carbons (Fsp3) is 0.294. The van der Waals surface area contributed by atoms with Gasteiger partial charge in [-0.3, -0.25) is 0 Å². The highest BCUT2D eigenvalue weighted by Gasteiger charge is 2.15. The Morgan fingerprint density at radius 1 is 1.24 bits per heavy atom. The minimum absolute atomic E-state index is 0.0708. The van der Waals surface area contributed by atoms with Crippen LogP contribution in [0, 0.1) is 5.82 Å². The second kappa shape index (κ2) is 7.57. The summed E-state index contributed by atoms with van der Waals surface area (Å²) in [5.41, 5.74) is 2.02. The molecule has 0 heterocycles. The van der Waals surface area contributed by atoms with Crippen molar-refractivity contribution in [3.05, 3.63) is 63.9 Å². The van der Waals surface area contributed by atoms with Crippen molar-refractivity contribution in [2.45, 2.75) is 19.4 Å². The van der Waals surface area contributed by atoms with Gasteiger partial charge in [0.1, 0.15) is 11.6 Å². The number of halogens is 2. The largest absolute Gasteiger partial charge is 0.494 e. The topological polar surface area (TPSA) is 21.3 Å². The lowest BCUT2D eigenvalue weighted by Crippen LogP contribution is -2.20. The summed E-state index contributed by atoms with van der Waals surface area (Å²) in [6.07, 6.45) is 0.691. The number of rotatable bonds is 6. The molecule has 2 nitrogen and oxygen atoms in total. The summed E-state index contributed by atoms with van der Waals surface area (Å²) >= 11 is 3.34. The molecule has 0 bridgehead atoms. The Kier molecular flexibility index (Phi) is 5.76. The average molecular weight is 352 g/mol. The van der Waals surface area contributed by atoms with E-state index in [1.54, 1.807) is 6.07 Å². The normalized spacial score (nSPS) is 12.2. The molecule has 0 spiro atoms. The van der Waals surface area contributed by atoms with Crippen LogP contribution in [0.1, 0.15) is 24.1 Å². The standard InChI is InChI=1S/C17H19BrFNO/c1-3-21-17-7-5-4-6-15(17)16(20-2)10-12-8-13(18)11-14(19)9-12/h4-9,11,16,20H,3,10H2,1-2H3. The van der Waals surface area contributed by atoms with Crippen LogP contribution in [-0.2, 0) is 6.42 Å². The van der Waals surface area contributed by atoms with Gasteiger partial charge in [0.15, 0.2) is 0 Å². The molecule has 112 valence electrons. The fourth-order valence-electron chi connectivity index (χ4n) is 2.39. The van der Waals surface area contributed by atoms with Gasteiger partial charge in [-0.05, 0) is 50.2 Å². The lowest BCUT2D eigenvalue weighted by atomic mass is 9.98. The third kappa shape index (κ3) is 4.29. The number of para-hydroxylation sites is 1. The Morgan fingerprint density at radius 2 is 2.00 bits per heavy atom. The van der Waals surface area contributed by atoms with Gasteiger partial charge in [-0.15, -0.1) is 0 Å². The predicted molar refractivity (Wildman–Crippen MR) is 87.2 cm³/mol. The number of likely N-dealkylation sites (N-methyl/N-ethyl adjacent to an activating group) is 1. The van der Waals surface area contributed by atoms with E-state index in [4.69, 9.17) is 4.74 Å². The highest BCUT2D eigenvalue weighted by Crippen LogP contribution is 2.28. The van der Waals surface area contributed by atoms with Crippen molar-refractivity contribution in [1.29, 1.82) is 0 Å². The molecule has 21 heavy (non-hydrogen) atoms. The molecule has 0 aliphatic carbocycles. The zero-order valence-corrected chi connectivity index (χ0v) is 13.8.